The van der Waals surface area contributed by atoms with Crippen LogP contribution < -0.4 is 4.90 Å². The number of aryl methyl sites for hydroxylation is 1. The van der Waals surface area contributed by atoms with Crippen LogP contribution in [-0.2, 0) is 6.54 Å². The molecule has 0 N–H and O–H groups in total. The van der Waals surface area contributed by atoms with Gasteiger partial charge in [0.25, 0.3) is 0 Å². The number of anilines is 1. The number of fused-ring (bicyclic) bond motifs is 2. The summed E-state index contributed by atoms with van der Waals surface area (Å²) in [6, 6.07) is 13.3. The molecule has 150 valence electrons. The lowest BCUT2D eigenvalue weighted by Gasteiger charge is -2.35. The first kappa shape index (κ1) is 18.5. The van der Waals surface area contributed by atoms with Crippen molar-refractivity contribution in [3.63, 3.8) is 0 Å². The summed E-state index contributed by atoms with van der Waals surface area (Å²) in [7, 11) is 0. The van der Waals surface area contributed by atoms with Crippen molar-refractivity contribution < 1.29 is 4.39 Å². The van der Waals surface area contributed by atoms with Gasteiger partial charge < -0.3 is 9.47 Å². The molecular weight excluding hydrogens is 385 g/mol. The lowest BCUT2D eigenvalue weighted by Crippen LogP contribution is -2.46. The number of rotatable bonds is 6. The maximum atomic E-state index is 13.4. The standard InChI is InChI=1S/C22H24FN5S/c23-17-7-8-18-21(15-17)29-25-22(18)27-13-11-26(12-14-27)9-3-4-10-28-16-24-19-5-1-2-6-20(19)28/h1-2,5-8,15-16H,3-4,9-14H2. The molecule has 29 heavy (non-hydrogen) atoms. The smallest absolute Gasteiger partial charge is 0.150 e. The fourth-order valence-corrected chi connectivity index (χ4v) is 4.94. The van der Waals surface area contributed by atoms with Crippen LogP contribution in [0.1, 0.15) is 12.8 Å². The highest BCUT2D eigenvalue weighted by molar-refractivity contribution is 7.13. The van der Waals surface area contributed by atoms with E-state index in [0.717, 1.165) is 67.1 Å². The van der Waals surface area contributed by atoms with E-state index in [4.69, 9.17) is 0 Å². The average Bonchev–Trinajstić information content (AvgIpc) is 3.35. The highest BCUT2D eigenvalue weighted by Crippen LogP contribution is 2.30. The van der Waals surface area contributed by atoms with Crippen LogP contribution in [0, 0.1) is 5.82 Å². The van der Waals surface area contributed by atoms with E-state index in [2.05, 4.69) is 41.9 Å². The number of nitrogens with zero attached hydrogens (tertiary/aromatic N) is 5. The molecule has 0 unspecified atom stereocenters. The second kappa shape index (κ2) is 8.08. The molecule has 0 bridgehead atoms. The number of imidazole rings is 1. The molecule has 4 aromatic rings. The summed E-state index contributed by atoms with van der Waals surface area (Å²) >= 11 is 1.39. The van der Waals surface area contributed by atoms with Crippen LogP contribution in [0.5, 0.6) is 0 Å². The molecule has 0 radical (unpaired) electrons. The fourth-order valence-electron chi connectivity index (χ4n) is 4.12. The maximum absolute atomic E-state index is 13.4. The van der Waals surface area contributed by atoms with E-state index < -0.39 is 0 Å². The summed E-state index contributed by atoms with van der Waals surface area (Å²) < 4.78 is 21.2. The van der Waals surface area contributed by atoms with Gasteiger partial charge in [-0.2, -0.15) is 4.37 Å². The quantitative estimate of drug-likeness (QED) is 0.443. The maximum Gasteiger partial charge on any atom is 0.150 e. The summed E-state index contributed by atoms with van der Waals surface area (Å²) in [6.45, 7) is 6.19. The SMILES string of the molecule is Fc1ccc2c(N3CCN(CCCCn4cnc5ccccc54)CC3)nsc2c1. The van der Waals surface area contributed by atoms with Gasteiger partial charge in [-0.15, -0.1) is 0 Å². The van der Waals surface area contributed by atoms with Gasteiger partial charge in [0.15, 0.2) is 0 Å². The Morgan fingerprint density at radius 2 is 1.79 bits per heavy atom. The number of hydrogen-bond acceptors (Lipinski definition) is 5. The Morgan fingerprint density at radius 1 is 0.966 bits per heavy atom. The predicted molar refractivity (Wildman–Crippen MR) is 117 cm³/mol. The Hall–Kier alpha value is -2.51. The largest absolute Gasteiger partial charge is 0.353 e. The van der Waals surface area contributed by atoms with Gasteiger partial charge in [0, 0.05) is 38.1 Å². The average molecular weight is 410 g/mol. The van der Waals surface area contributed by atoms with Crippen molar-refractivity contribution in [1.82, 2.24) is 18.8 Å². The number of unbranched alkanes of at least 4 members (excludes halogenated alkanes) is 1. The molecule has 3 heterocycles. The third-order valence-electron chi connectivity index (χ3n) is 5.74. The first-order chi connectivity index (χ1) is 14.3. The zero-order valence-electron chi connectivity index (χ0n) is 16.3. The summed E-state index contributed by atoms with van der Waals surface area (Å²) in [6.07, 6.45) is 4.29. The molecular formula is C22H24FN5S. The second-order valence-electron chi connectivity index (χ2n) is 7.61. The Balaban J connectivity index is 1.11. The number of hydrogen-bond donors (Lipinski definition) is 0. The molecule has 1 aliphatic heterocycles. The van der Waals surface area contributed by atoms with Gasteiger partial charge in [0.05, 0.1) is 22.1 Å². The highest BCUT2D eigenvalue weighted by atomic mass is 32.1. The fraction of sp³-hybridized carbons (Fsp3) is 0.364. The van der Waals surface area contributed by atoms with Crippen molar-refractivity contribution in [2.24, 2.45) is 0 Å². The predicted octanol–water partition coefficient (Wildman–Crippen LogP) is 4.39. The summed E-state index contributed by atoms with van der Waals surface area (Å²) in [5.74, 6) is 0.817. The normalized spacial score (nSPS) is 15.6. The van der Waals surface area contributed by atoms with Gasteiger partial charge in [-0.3, -0.25) is 4.90 Å². The topological polar surface area (TPSA) is 37.2 Å². The van der Waals surface area contributed by atoms with E-state index in [1.807, 2.05) is 18.5 Å². The summed E-state index contributed by atoms with van der Waals surface area (Å²) in [5, 5.41) is 1.07. The van der Waals surface area contributed by atoms with Crippen molar-refractivity contribution in [2.75, 3.05) is 37.6 Å². The van der Waals surface area contributed by atoms with E-state index in [-0.39, 0.29) is 5.82 Å². The van der Waals surface area contributed by atoms with Gasteiger partial charge in [-0.05, 0) is 61.3 Å². The van der Waals surface area contributed by atoms with Gasteiger partial charge in [-0.1, -0.05) is 12.1 Å². The Kier molecular flexibility index (Phi) is 5.16. The number of para-hydroxylation sites is 2. The molecule has 0 amide bonds. The Morgan fingerprint density at radius 3 is 2.69 bits per heavy atom. The molecule has 0 spiro atoms. The molecule has 7 heteroatoms. The third kappa shape index (κ3) is 3.84. The van der Waals surface area contributed by atoms with E-state index >= 15 is 0 Å². The molecule has 1 aliphatic rings. The van der Waals surface area contributed by atoms with E-state index in [9.17, 15) is 4.39 Å². The number of aromatic nitrogens is 3. The molecule has 0 atom stereocenters. The van der Waals surface area contributed by atoms with Gasteiger partial charge >= 0.3 is 0 Å². The third-order valence-corrected chi connectivity index (χ3v) is 6.54. The van der Waals surface area contributed by atoms with Gasteiger partial charge in [0.1, 0.15) is 11.6 Å². The van der Waals surface area contributed by atoms with Crippen LogP contribution in [0.3, 0.4) is 0 Å². The Bertz CT molecular complexity index is 1110. The molecule has 2 aromatic heterocycles. The zero-order valence-corrected chi connectivity index (χ0v) is 17.1. The van der Waals surface area contributed by atoms with Crippen LogP contribution in [0.25, 0.3) is 21.1 Å². The molecule has 1 saturated heterocycles. The van der Waals surface area contributed by atoms with Gasteiger partial charge in [-0.25, -0.2) is 9.37 Å². The minimum absolute atomic E-state index is 0.193. The van der Waals surface area contributed by atoms with Crippen molar-refractivity contribution in [3.05, 3.63) is 54.6 Å². The van der Waals surface area contributed by atoms with Crippen LogP contribution in [0.4, 0.5) is 10.2 Å². The van der Waals surface area contributed by atoms with Gasteiger partial charge in [0.2, 0.25) is 0 Å². The van der Waals surface area contributed by atoms with Crippen LogP contribution in [0.2, 0.25) is 0 Å². The first-order valence-corrected chi connectivity index (χ1v) is 11.0. The second-order valence-corrected chi connectivity index (χ2v) is 8.41. The number of benzene rings is 2. The summed E-state index contributed by atoms with van der Waals surface area (Å²) in [5.41, 5.74) is 2.29. The first-order valence-electron chi connectivity index (χ1n) is 10.2. The molecule has 5 rings (SSSR count). The number of piperazine rings is 1. The van der Waals surface area contributed by atoms with E-state index in [0.29, 0.717) is 0 Å². The Labute approximate surface area is 173 Å². The van der Waals surface area contributed by atoms with Crippen LogP contribution >= 0.6 is 11.5 Å². The number of halogens is 1. The highest BCUT2D eigenvalue weighted by Gasteiger charge is 2.20. The molecule has 2 aromatic carbocycles. The van der Waals surface area contributed by atoms with E-state index in [1.54, 1.807) is 6.07 Å². The minimum atomic E-state index is -0.193. The zero-order chi connectivity index (χ0) is 19.6. The van der Waals surface area contributed by atoms with Crippen molar-refractivity contribution >= 4 is 38.5 Å². The van der Waals surface area contributed by atoms with E-state index in [1.165, 1.54) is 29.5 Å². The molecule has 0 saturated carbocycles. The molecule has 0 aliphatic carbocycles. The van der Waals surface area contributed by atoms with Crippen molar-refractivity contribution in [2.45, 2.75) is 19.4 Å². The minimum Gasteiger partial charge on any atom is -0.353 e. The molecule has 5 nitrogen and oxygen atoms in total. The molecule has 1 fully saturated rings. The lowest BCUT2D eigenvalue weighted by molar-refractivity contribution is 0.251. The monoisotopic (exact) mass is 409 g/mol. The van der Waals surface area contributed by atoms with Crippen molar-refractivity contribution in [3.8, 4) is 0 Å². The van der Waals surface area contributed by atoms with Crippen LogP contribution in [0.15, 0.2) is 48.8 Å². The van der Waals surface area contributed by atoms with Crippen molar-refractivity contribution in [1.29, 1.82) is 0 Å². The van der Waals surface area contributed by atoms with Crippen LogP contribution in [-0.4, -0.2) is 51.5 Å². The lowest BCUT2D eigenvalue weighted by atomic mass is 10.2. The summed E-state index contributed by atoms with van der Waals surface area (Å²) in [4.78, 5) is 9.34.